The molecule has 2 aromatic rings. The van der Waals surface area contributed by atoms with Gasteiger partial charge in [-0.05, 0) is 54.0 Å². The average Bonchev–Trinajstić information content (AvgIpc) is 3.15. The second-order valence-corrected chi connectivity index (χ2v) is 8.23. The number of halogens is 5. The molecule has 2 amide bonds. The highest BCUT2D eigenvalue weighted by atomic mass is 35.5. The van der Waals surface area contributed by atoms with Gasteiger partial charge in [0, 0.05) is 29.0 Å². The van der Waals surface area contributed by atoms with Gasteiger partial charge in [-0.1, -0.05) is 35.3 Å². The van der Waals surface area contributed by atoms with Crippen LogP contribution in [0.3, 0.4) is 0 Å². The smallest absolute Gasteiger partial charge is 0.428 e. The van der Waals surface area contributed by atoms with Gasteiger partial charge in [0.1, 0.15) is 0 Å². The van der Waals surface area contributed by atoms with Crippen LogP contribution in [0.15, 0.2) is 42.5 Å². The molecular weight excluding hydrogens is 484 g/mol. The molecule has 1 aliphatic rings. The Balaban J connectivity index is 1.89. The standard InChI is InChI=1S/C22H19Cl2F3N2O4/c1-12-3-4-15(7-14(12)5-6-32-20(31)28-13(2)30)19-11-21(33-29-19,22(25,26)27)16-8-17(23)10-18(24)9-16/h3-4,7-11,29H,5-6H2,1-2H3,(H,28,30,31). The Hall–Kier alpha value is -2.75. The van der Waals surface area contributed by atoms with Crippen molar-refractivity contribution in [3.8, 4) is 0 Å². The number of nitrogens with one attached hydrogen (secondary N) is 2. The molecule has 1 unspecified atom stereocenters. The van der Waals surface area contributed by atoms with Crippen LogP contribution in [0.2, 0.25) is 10.0 Å². The van der Waals surface area contributed by atoms with E-state index in [0.717, 1.165) is 29.3 Å². The van der Waals surface area contributed by atoms with E-state index in [-0.39, 0.29) is 34.3 Å². The molecule has 2 N–H and O–H groups in total. The van der Waals surface area contributed by atoms with Gasteiger partial charge in [-0.25, -0.2) is 4.79 Å². The summed E-state index contributed by atoms with van der Waals surface area (Å²) in [5, 5.41) is 2.06. The normalized spacial score (nSPS) is 17.8. The Morgan fingerprint density at radius 1 is 1.15 bits per heavy atom. The molecule has 0 fully saturated rings. The number of amides is 2. The zero-order valence-corrected chi connectivity index (χ0v) is 19.0. The molecule has 1 aliphatic heterocycles. The maximum atomic E-state index is 14.2. The van der Waals surface area contributed by atoms with Crippen LogP contribution in [-0.4, -0.2) is 24.8 Å². The molecule has 0 saturated carbocycles. The van der Waals surface area contributed by atoms with Crippen LogP contribution in [0.1, 0.15) is 29.2 Å². The van der Waals surface area contributed by atoms with E-state index in [9.17, 15) is 22.8 Å². The van der Waals surface area contributed by atoms with Crippen LogP contribution in [0, 0.1) is 6.92 Å². The summed E-state index contributed by atoms with van der Waals surface area (Å²) >= 11 is 11.8. The van der Waals surface area contributed by atoms with Gasteiger partial charge >= 0.3 is 12.3 Å². The highest BCUT2D eigenvalue weighted by molar-refractivity contribution is 6.34. The molecule has 6 nitrogen and oxygen atoms in total. The van der Waals surface area contributed by atoms with E-state index in [0.29, 0.717) is 5.56 Å². The molecule has 1 heterocycles. The van der Waals surface area contributed by atoms with Gasteiger partial charge in [0.2, 0.25) is 11.5 Å². The van der Waals surface area contributed by atoms with E-state index in [2.05, 4.69) is 5.48 Å². The van der Waals surface area contributed by atoms with Crippen molar-refractivity contribution >= 4 is 40.9 Å². The molecule has 0 aliphatic carbocycles. The zero-order chi connectivity index (χ0) is 24.4. The van der Waals surface area contributed by atoms with Gasteiger partial charge in [-0.3, -0.25) is 20.4 Å². The predicted octanol–water partition coefficient (Wildman–Crippen LogP) is 5.45. The molecule has 2 aromatic carbocycles. The number of carbonyl (C=O) groups excluding carboxylic acids is 2. The van der Waals surface area contributed by atoms with E-state index in [4.69, 9.17) is 32.8 Å². The Kier molecular flexibility index (Phi) is 7.26. The van der Waals surface area contributed by atoms with Crippen LogP contribution in [-0.2, 0) is 26.4 Å². The maximum absolute atomic E-state index is 14.2. The van der Waals surface area contributed by atoms with Crippen LogP contribution in [0.4, 0.5) is 18.0 Å². The van der Waals surface area contributed by atoms with E-state index < -0.39 is 23.8 Å². The van der Waals surface area contributed by atoms with E-state index >= 15 is 0 Å². The van der Waals surface area contributed by atoms with Crippen molar-refractivity contribution in [1.29, 1.82) is 0 Å². The maximum Gasteiger partial charge on any atom is 0.428 e. The SMILES string of the molecule is CC(=O)NC(=O)OCCc1cc(C2=CC(c3cc(Cl)cc(Cl)c3)(C(F)(F)F)ON2)ccc1C. The molecule has 176 valence electrons. The highest BCUT2D eigenvalue weighted by Gasteiger charge is 2.59. The van der Waals surface area contributed by atoms with Gasteiger partial charge in [0.15, 0.2) is 0 Å². The first-order valence-corrected chi connectivity index (χ1v) is 10.4. The number of imide groups is 1. The van der Waals surface area contributed by atoms with Gasteiger partial charge in [-0.15, -0.1) is 0 Å². The molecule has 3 rings (SSSR count). The number of rotatable bonds is 5. The summed E-state index contributed by atoms with van der Waals surface area (Å²) in [6.45, 7) is 2.97. The third-order valence-corrected chi connectivity index (χ3v) is 5.36. The van der Waals surface area contributed by atoms with Crippen molar-refractivity contribution in [3.63, 3.8) is 0 Å². The first-order valence-electron chi connectivity index (χ1n) is 9.66. The van der Waals surface area contributed by atoms with E-state index in [1.54, 1.807) is 18.2 Å². The average molecular weight is 503 g/mol. The van der Waals surface area contributed by atoms with Gasteiger partial charge < -0.3 is 4.74 Å². The lowest BCUT2D eigenvalue weighted by atomic mass is 9.91. The Morgan fingerprint density at radius 3 is 2.42 bits per heavy atom. The molecule has 0 aromatic heterocycles. The third kappa shape index (κ3) is 5.61. The number of hydrogen-bond donors (Lipinski definition) is 2. The largest absolute Gasteiger partial charge is 0.449 e. The first kappa shape index (κ1) is 24.9. The number of benzene rings is 2. The van der Waals surface area contributed by atoms with Crippen molar-refractivity contribution in [3.05, 3.63) is 74.8 Å². The Labute approximate surface area is 197 Å². The fourth-order valence-corrected chi connectivity index (χ4v) is 3.82. The van der Waals surface area contributed by atoms with Crippen LogP contribution < -0.4 is 10.8 Å². The zero-order valence-electron chi connectivity index (χ0n) is 17.5. The molecule has 0 radical (unpaired) electrons. The minimum atomic E-state index is -4.82. The number of alkyl carbamates (subject to hydrolysis) is 1. The minimum absolute atomic E-state index is 0.0279. The fourth-order valence-electron chi connectivity index (χ4n) is 3.30. The second-order valence-electron chi connectivity index (χ2n) is 7.36. The number of ether oxygens (including phenoxy) is 1. The monoisotopic (exact) mass is 502 g/mol. The number of carbonyl (C=O) groups is 2. The summed E-state index contributed by atoms with van der Waals surface area (Å²) in [5.41, 5.74) is 1.42. The number of aryl methyl sites for hydroxylation is 1. The number of hydrogen-bond acceptors (Lipinski definition) is 5. The van der Waals surface area contributed by atoms with E-state index in [1.807, 2.05) is 12.2 Å². The Morgan fingerprint density at radius 2 is 1.82 bits per heavy atom. The first-order chi connectivity index (χ1) is 15.4. The van der Waals surface area contributed by atoms with E-state index in [1.165, 1.54) is 13.0 Å². The predicted molar refractivity (Wildman–Crippen MR) is 116 cm³/mol. The molecule has 0 saturated heterocycles. The van der Waals surface area contributed by atoms with Gasteiger partial charge in [0.25, 0.3) is 0 Å². The van der Waals surface area contributed by atoms with Crippen molar-refractivity contribution in [2.75, 3.05) is 6.61 Å². The Bertz CT molecular complexity index is 1100. The van der Waals surface area contributed by atoms with Crippen molar-refractivity contribution in [1.82, 2.24) is 10.8 Å². The van der Waals surface area contributed by atoms with Gasteiger partial charge in [0.05, 0.1) is 12.3 Å². The van der Waals surface area contributed by atoms with Crippen molar-refractivity contribution in [2.45, 2.75) is 32.0 Å². The quantitative estimate of drug-likeness (QED) is 0.568. The molecular formula is C22H19Cl2F3N2O4. The summed E-state index contributed by atoms with van der Waals surface area (Å²) < 4.78 is 47.4. The molecule has 0 bridgehead atoms. The van der Waals surface area contributed by atoms with Crippen LogP contribution in [0.5, 0.6) is 0 Å². The summed E-state index contributed by atoms with van der Waals surface area (Å²) in [6, 6.07) is 8.66. The summed E-state index contributed by atoms with van der Waals surface area (Å²) in [5.74, 6) is -0.549. The lowest BCUT2D eigenvalue weighted by molar-refractivity contribution is -0.269. The highest BCUT2D eigenvalue weighted by Crippen LogP contribution is 2.48. The molecule has 33 heavy (non-hydrogen) atoms. The summed E-state index contributed by atoms with van der Waals surface area (Å²) in [6.07, 6.45) is -4.48. The number of hydroxylamine groups is 1. The second kappa shape index (κ2) is 9.62. The molecule has 1 atom stereocenters. The summed E-state index contributed by atoms with van der Waals surface area (Å²) in [7, 11) is 0. The van der Waals surface area contributed by atoms with Crippen molar-refractivity contribution < 1.29 is 32.3 Å². The third-order valence-electron chi connectivity index (χ3n) is 4.92. The molecule has 11 heteroatoms. The van der Waals surface area contributed by atoms with Crippen molar-refractivity contribution in [2.24, 2.45) is 0 Å². The lowest BCUT2D eigenvalue weighted by Gasteiger charge is -2.28. The van der Waals surface area contributed by atoms with Crippen LogP contribution >= 0.6 is 23.2 Å². The topological polar surface area (TPSA) is 76.7 Å². The minimum Gasteiger partial charge on any atom is -0.449 e. The number of alkyl halides is 3. The molecule has 0 spiro atoms. The summed E-state index contributed by atoms with van der Waals surface area (Å²) in [4.78, 5) is 27.4. The fraction of sp³-hybridized carbons (Fsp3) is 0.273. The lowest BCUT2D eigenvalue weighted by Crippen LogP contribution is -2.42. The van der Waals surface area contributed by atoms with Crippen LogP contribution in [0.25, 0.3) is 5.70 Å². The van der Waals surface area contributed by atoms with Gasteiger partial charge in [-0.2, -0.15) is 13.2 Å².